The monoisotopic (exact) mass is 299 g/mol. The molecule has 0 atom stereocenters. The van der Waals surface area contributed by atoms with Gasteiger partial charge in [0, 0.05) is 12.1 Å². The van der Waals surface area contributed by atoms with Crippen molar-refractivity contribution in [3.63, 3.8) is 0 Å². The Bertz CT molecular complexity index is 599. The number of nitro benzene ring substituents is 1. The Morgan fingerprint density at radius 1 is 1.47 bits per heavy atom. The molecule has 1 rings (SSSR count). The Hall–Kier alpha value is -1.000. The van der Waals surface area contributed by atoms with Crippen molar-refractivity contribution in [3.8, 4) is 0 Å². The van der Waals surface area contributed by atoms with Crippen molar-refractivity contribution < 1.29 is 27.4 Å². The molecule has 0 saturated carbocycles. The van der Waals surface area contributed by atoms with Gasteiger partial charge in [0.05, 0.1) is 17.6 Å². The molecule has 0 aliphatic carbocycles. The summed E-state index contributed by atoms with van der Waals surface area (Å²) in [5, 5.41) is 10.5. The number of benzene rings is 1. The molecule has 0 unspecified atom stereocenters. The van der Waals surface area contributed by atoms with Gasteiger partial charge in [-0.15, -0.1) is 0 Å². The Balaban J connectivity index is 0.00000324. The molecule has 0 aliphatic rings. The topological polar surface area (TPSA) is 124 Å². The predicted octanol–water partition coefficient (Wildman–Crippen LogP) is 0.121. The summed E-state index contributed by atoms with van der Waals surface area (Å²) in [7, 11) is -3.33. The second-order valence-corrected chi connectivity index (χ2v) is 4.77. The Labute approximate surface area is 130 Å². The van der Waals surface area contributed by atoms with E-state index in [0.29, 0.717) is 0 Å². The summed E-state index contributed by atoms with van der Waals surface area (Å²) in [4.78, 5) is 21.1. The summed E-state index contributed by atoms with van der Waals surface area (Å²) in [6.45, 7) is 0. The third kappa shape index (κ3) is 5.25. The van der Waals surface area contributed by atoms with E-state index >= 15 is 0 Å². The van der Waals surface area contributed by atoms with Crippen LogP contribution in [0.3, 0.4) is 0 Å². The van der Waals surface area contributed by atoms with Crippen LogP contribution in [0.25, 0.3) is 0 Å². The van der Waals surface area contributed by atoms with Crippen molar-refractivity contribution in [2.24, 2.45) is 0 Å². The fourth-order valence-corrected chi connectivity index (χ4v) is 1.95. The first-order chi connectivity index (χ1) is 8.24. The minimum absolute atomic E-state index is 0. The van der Waals surface area contributed by atoms with Gasteiger partial charge in [-0.25, -0.2) is 4.79 Å². The molecule has 10 heteroatoms. The van der Waals surface area contributed by atoms with Crippen molar-refractivity contribution in [1.82, 2.24) is 0 Å². The molecular formula is C9H10NNaO7S. The fraction of sp³-hybridized carbons (Fsp3) is 0.222. The molecule has 100 valence electrons. The molecule has 0 heterocycles. The second-order valence-electron chi connectivity index (χ2n) is 3.32. The zero-order valence-electron chi connectivity index (χ0n) is 9.19. The van der Waals surface area contributed by atoms with E-state index in [4.69, 9.17) is 4.55 Å². The van der Waals surface area contributed by atoms with Gasteiger partial charge in [-0.1, -0.05) is 0 Å². The summed E-state index contributed by atoms with van der Waals surface area (Å²) < 4.78 is 34.7. The van der Waals surface area contributed by atoms with E-state index in [9.17, 15) is 23.3 Å². The second kappa shape index (κ2) is 6.96. The van der Waals surface area contributed by atoms with E-state index in [1.807, 2.05) is 0 Å². The quantitative estimate of drug-likeness (QED) is 0.275. The zero-order chi connectivity index (χ0) is 13.9. The van der Waals surface area contributed by atoms with Crippen LogP contribution in [0.15, 0.2) is 18.2 Å². The number of methoxy groups -OCH3 is 1. The first-order valence-corrected chi connectivity index (χ1v) is 6.16. The number of carbonyl (C=O) groups excluding carboxylic acids is 1. The van der Waals surface area contributed by atoms with Gasteiger partial charge in [0.15, 0.2) is 0 Å². The molecule has 1 aromatic carbocycles. The molecule has 0 saturated heterocycles. The van der Waals surface area contributed by atoms with Crippen LogP contribution in [0.1, 0.15) is 15.9 Å². The van der Waals surface area contributed by atoms with Crippen molar-refractivity contribution >= 4 is 51.3 Å². The number of non-ortho nitro benzene ring substituents is 1. The number of esters is 1. The molecule has 8 nitrogen and oxygen atoms in total. The van der Waals surface area contributed by atoms with Crippen LogP contribution in [0.5, 0.6) is 0 Å². The van der Waals surface area contributed by atoms with E-state index in [0.717, 1.165) is 25.3 Å². The van der Waals surface area contributed by atoms with Crippen LogP contribution in [-0.4, -0.2) is 60.5 Å². The summed E-state index contributed by atoms with van der Waals surface area (Å²) in [6.07, 6.45) is 0. The van der Waals surface area contributed by atoms with Crippen LogP contribution in [0.4, 0.5) is 5.69 Å². The first-order valence-electron chi connectivity index (χ1n) is 4.55. The number of hydrogen-bond donors (Lipinski definition) is 1. The number of carbonyl (C=O) groups is 1. The molecule has 0 aromatic heterocycles. The number of nitro groups is 1. The average Bonchev–Trinajstić information content (AvgIpc) is 2.25. The summed E-state index contributed by atoms with van der Waals surface area (Å²) in [6, 6.07) is 3.02. The Kier molecular flexibility index (Phi) is 6.60. The molecule has 0 aliphatic heterocycles. The number of hydrogen-bond acceptors (Lipinski definition) is 6. The SMILES string of the molecule is COC(=O)c1ccc([N+](=O)[O-])cc1CS(=O)(=O)O.[NaH]. The van der Waals surface area contributed by atoms with Gasteiger partial charge >= 0.3 is 35.5 Å². The van der Waals surface area contributed by atoms with Gasteiger partial charge < -0.3 is 4.74 Å². The summed E-state index contributed by atoms with van der Waals surface area (Å²) in [5.41, 5.74) is -0.736. The van der Waals surface area contributed by atoms with E-state index in [1.165, 1.54) is 0 Å². The molecule has 1 aromatic rings. The molecule has 0 radical (unpaired) electrons. The molecule has 19 heavy (non-hydrogen) atoms. The number of rotatable bonds is 4. The van der Waals surface area contributed by atoms with Crippen LogP contribution < -0.4 is 0 Å². The van der Waals surface area contributed by atoms with Crippen molar-refractivity contribution in [1.29, 1.82) is 0 Å². The molecule has 1 N–H and O–H groups in total. The molecular weight excluding hydrogens is 289 g/mol. The van der Waals surface area contributed by atoms with Crippen LogP contribution in [0, 0.1) is 10.1 Å². The third-order valence-corrected chi connectivity index (χ3v) is 2.72. The number of nitrogens with zero attached hydrogens (tertiary/aromatic N) is 1. The molecule has 0 fully saturated rings. The van der Waals surface area contributed by atoms with Gasteiger partial charge in [-0.3, -0.25) is 14.7 Å². The molecule has 0 spiro atoms. The third-order valence-electron chi connectivity index (χ3n) is 2.04. The standard InChI is InChI=1S/C9H9NO7S.Na.H/c1-17-9(11)8-3-2-7(10(12)13)4-6(8)5-18(14,15)16;;/h2-4H,5H2,1H3,(H,14,15,16);;. The normalized spacial score (nSPS) is 10.4. The van der Waals surface area contributed by atoms with Crippen molar-refractivity contribution in [3.05, 3.63) is 39.4 Å². The van der Waals surface area contributed by atoms with E-state index in [1.54, 1.807) is 0 Å². The Morgan fingerprint density at radius 3 is 2.47 bits per heavy atom. The van der Waals surface area contributed by atoms with Crippen LogP contribution in [-0.2, 0) is 20.6 Å². The Morgan fingerprint density at radius 2 is 2.05 bits per heavy atom. The van der Waals surface area contributed by atoms with E-state index < -0.39 is 26.8 Å². The van der Waals surface area contributed by atoms with Crippen molar-refractivity contribution in [2.45, 2.75) is 5.75 Å². The number of ether oxygens (including phenoxy) is 1. The average molecular weight is 299 g/mol. The van der Waals surface area contributed by atoms with E-state index in [2.05, 4.69) is 4.74 Å². The predicted molar refractivity (Wildman–Crippen MR) is 66.8 cm³/mol. The van der Waals surface area contributed by atoms with Gasteiger partial charge in [-0.2, -0.15) is 8.42 Å². The summed E-state index contributed by atoms with van der Waals surface area (Å²) in [5.74, 6) is -1.75. The fourth-order valence-electron chi connectivity index (χ4n) is 1.32. The van der Waals surface area contributed by atoms with Crippen LogP contribution >= 0.6 is 0 Å². The van der Waals surface area contributed by atoms with E-state index in [-0.39, 0.29) is 46.4 Å². The molecule has 0 bridgehead atoms. The van der Waals surface area contributed by atoms with Gasteiger partial charge in [0.25, 0.3) is 15.8 Å². The maximum atomic E-state index is 11.3. The maximum absolute atomic E-state index is 11.3. The zero-order valence-corrected chi connectivity index (χ0v) is 10.0. The minimum atomic E-state index is -4.41. The van der Waals surface area contributed by atoms with Crippen LogP contribution in [0.2, 0.25) is 0 Å². The van der Waals surface area contributed by atoms with Gasteiger partial charge in [0.1, 0.15) is 5.75 Å². The summed E-state index contributed by atoms with van der Waals surface area (Å²) >= 11 is 0. The molecule has 0 amide bonds. The van der Waals surface area contributed by atoms with Crippen molar-refractivity contribution in [2.75, 3.05) is 7.11 Å². The first kappa shape index (κ1) is 18.0. The van der Waals surface area contributed by atoms with Gasteiger partial charge in [0.2, 0.25) is 0 Å². The van der Waals surface area contributed by atoms with Gasteiger partial charge in [-0.05, 0) is 11.6 Å².